The number of hydrogen-bond acceptors (Lipinski definition) is 4. The molecular weight excluding hydrogens is 509 g/mol. The average Bonchev–Trinajstić information content (AvgIpc) is 2.89. The first-order valence-electron chi connectivity index (χ1n) is 12.4. The van der Waals surface area contributed by atoms with Crippen molar-refractivity contribution in [2.45, 2.75) is 41.9 Å². The van der Waals surface area contributed by atoms with E-state index in [0.29, 0.717) is 0 Å². The first kappa shape index (κ1) is 26.6. The SMILES string of the molecule is CSc1cccc(NC(=S)N2CCC(CC3CCN(C(=S)Nc4cccc(SC)c4)CC3)CC2)c1. The van der Waals surface area contributed by atoms with Crippen LogP contribution in [0.2, 0.25) is 0 Å². The predicted octanol–water partition coefficient (Wildman–Crippen LogP) is 7.04. The lowest BCUT2D eigenvalue weighted by Crippen LogP contribution is -2.43. The lowest BCUT2D eigenvalue weighted by atomic mass is 9.83. The summed E-state index contributed by atoms with van der Waals surface area (Å²) in [4.78, 5) is 7.19. The highest BCUT2D eigenvalue weighted by atomic mass is 32.2. The first-order valence-corrected chi connectivity index (χ1v) is 15.7. The molecule has 4 rings (SSSR count). The minimum absolute atomic E-state index is 0.810. The van der Waals surface area contributed by atoms with Crippen LogP contribution in [0.4, 0.5) is 11.4 Å². The van der Waals surface area contributed by atoms with E-state index in [0.717, 1.165) is 59.6 Å². The summed E-state index contributed by atoms with van der Waals surface area (Å²) in [6.45, 7) is 4.22. The summed E-state index contributed by atoms with van der Waals surface area (Å²) in [5.41, 5.74) is 2.17. The highest BCUT2D eigenvalue weighted by Crippen LogP contribution is 2.31. The number of benzene rings is 2. The van der Waals surface area contributed by atoms with Gasteiger partial charge in [-0.1, -0.05) is 12.1 Å². The Morgan fingerprint density at radius 1 is 0.743 bits per heavy atom. The first-order chi connectivity index (χ1) is 17.0. The molecular formula is C27H36N4S4. The third-order valence-electron chi connectivity index (χ3n) is 7.11. The van der Waals surface area contributed by atoms with Crippen molar-refractivity contribution in [3.8, 4) is 0 Å². The molecule has 0 aliphatic carbocycles. The van der Waals surface area contributed by atoms with Gasteiger partial charge in [-0.3, -0.25) is 0 Å². The Bertz CT molecular complexity index is 919. The Kier molecular flexibility index (Phi) is 10.0. The van der Waals surface area contributed by atoms with Crippen molar-refractivity contribution in [3.63, 3.8) is 0 Å². The number of thioether (sulfide) groups is 2. The third kappa shape index (κ3) is 7.75. The van der Waals surface area contributed by atoms with E-state index in [4.69, 9.17) is 24.4 Å². The van der Waals surface area contributed by atoms with Crippen LogP contribution in [0.25, 0.3) is 0 Å². The normalized spacial score (nSPS) is 17.3. The summed E-state index contributed by atoms with van der Waals surface area (Å²) in [5, 5.41) is 8.60. The van der Waals surface area contributed by atoms with Crippen LogP contribution < -0.4 is 10.6 Å². The summed E-state index contributed by atoms with van der Waals surface area (Å²) in [6, 6.07) is 16.9. The molecule has 0 amide bonds. The molecule has 0 atom stereocenters. The van der Waals surface area contributed by atoms with E-state index < -0.39 is 0 Å². The Morgan fingerprint density at radius 2 is 1.14 bits per heavy atom. The number of piperidine rings is 2. The van der Waals surface area contributed by atoms with Gasteiger partial charge < -0.3 is 20.4 Å². The lowest BCUT2D eigenvalue weighted by molar-refractivity contribution is 0.190. The largest absolute Gasteiger partial charge is 0.349 e. The van der Waals surface area contributed by atoms with Gasteiger partial charge in [0.1, 0.15) is 0 Å². The van der Waals surface area contributed by atoms with Gasteiger partial charge in [0.05, 0.1) is 0 Å². The van der Waals surface area contributed by atoms with Gasteiger partial charge >= 0.3 is 0 Å². The monoisotopic (exact) mass is 544 g/mol. The highest BCUT2D eigenvalue weighted by molar-refractivity contribution is 7.98. The molecule has 0 bridgehead atoms. The van der Waals surface area contributed by atoms with Crippen LogP contribution in [0.1, 0.15) is 32.1 Å². The molecule has 2 heterocycles. The lowest BCUT2D eigenvalue weighted by Gasteiger charge is -2.38. The van der Waals surface area contributed by atoms with Crippen LogP contribution in [-0.4, -0.2) is 58.7 Å². The Labute approximate surface area is 230 Å². The summed E-state index contributed by atoms with van der Waals surface area (Å²) in [7, 11) is 0. The van der Waals surface area contributed by atoms with Gasteiger partial charge in [0, 0.05) is 47.3 Å². The van der Waals surface area contributed by atoms with E-state index in [1.165, 1.54) is 41.9 Å². The summed E-state index contributed by atoms with van der Waals surface area (Å²) >= 11 is 14.9. The number of nitrogens with zero attached hydrogens (tertiary/aromatic N) is 2. The van der Waals surface area contributed by atoms with Gasteiger partial charge in [-0.25, -0.2) is 0 Å². The molecule has 8 heteroatoms. The topological polar surface area (TPSA) is 30.5 Å². The van der Waals surface area contributed by atoms with E-state index in [1.54, 1.807) is 23.5 Å². The number of hydrogen-bond donors (Lipinski definition) is 2. The van der Waals surface area contributed by atoms with Gasteiger partial charge in [-0.05, 0) is 117 Å². The van der Waals surface area contributed by atoms with Crippen molar-refractivity contribution in [1.82, 2.24) is 9.80 Å². The van der Waals surface area contributed by atoms with Crippen LogP contribution in [0.5, 0.6) is 0 Å². The van der Waals surface area contributed by atoms with Crippen LogP contribution in [0.3, 0.4) is 0 Å². The Balaban J connectivity index is 1.16. The maximum absolute atomic E-state index is 5.72. The molecule has 0 unspecified atom stereocenters. The molecule has 35 heavy (non-hydrogen) atoms. The smallest absolute Gasteiger partial charge is 0.173 e. The zero-order chi connectivity index (χ0) is 24.6. The van der Waals surface area contributed by atoms with Crippen LogP contribution in [-0.2, 0) is 0 Å². The molecule has 0 saturated carbocycles. The fraction of sp³-hybridized carbons (Fsp3) is 0.481. The van der Waals surface area contributed by atoms with E-state index in [1.807, 2.05) is 0 Å². The van der Waals surface area contributed by atoms with Crippen molar-refractivity contribution in [2.75, 3.05) is 49.3 Å². The Hall–Kier alpha value is -1.48. The molecule has 0 spiro atoms. The Morgan fingerprint density at radius 3 is 1.51 bits per heavy atom. The molecule has 0 radical (unpaired) electrons. The summed E-state index contributed by atoms with van der Waals surface area (Å²) < 4.78 is 0. The molecule has 2 aliphatic rings. The van der Waals surface area contributed by atoms with Crippen molar-refractivity contribution in [3.05, 3.63) is 48.5 Å². The fourth-order valence-electron chi connectivity index (χ4n) is 5.02. The fourth-order valence-corrected chi connectivity index (χ4v) is 6.54. The minimum atomic E-state index is 0.810. The summed E-state index contributed by atoms with van der Waals surface area (Å²) in [6.07, 6.45) is 10.5. The molecule has 2 saturated heterocycles. The molecule has 2 aromatic rings. The van der Waals surface area contributed by atoms with Gasteiger partial charge in [0.15, 0.2) is 10.2 Å². The standard InChI is InChI=1S/C27H36N4S4/c1-34-24-7-3-5-22(18-24)28-26(32)30-13-9-20(10-14-30)17-21-11-15-31(16-12-21)27(33)29-23-6-4-8-25(19-23)35-2/h3-8,18-21H,9-17H2,1-2H3,(H,28,32)(H,29,33). The molecule has 2 aromatic carbocycles. The molecule has 2 N–H and O–H groups in total. The van der Waals surface area contributed by atoms with Crippen molar-refractivity contribution >= 4 is 69.6 Å². The zero-order valence-electron chi connectivity index (χ0n) is 20.7. The van der Waals surface area contributed by atoms with Crippen molar-refractivity contribution < 1.29 is 0 Å². The predicted molar refractivity (Wildman–Crippen MR) is 162 cm³/mol. The second-order valence-corrected chi connectivity index (χ2v) is 12.0. The molecule has 2 aliphatic heterocycles. The molecule has 2 fully saturated rings. The number of likely N-dealkylation sites (tertiary alicyclic amines) is 2. The maximum Gasteiger partial charge on any atom is 0.173 e. The van der Waals surface area contributed by atoms with Crippen LogP contribution in [0, 0.1) is 11.8 Å². The molecule has 0 aromatic heterocycles. The summed E-state index contributed by atoms with van der Waals surface area (Å²) in [5.74, 6) is 1.62. The number of anilines is 2. The van der Waals surface area contributed by atoms with Gasteiger partial charge in [0.25, 0.3) is 0 Å². The number of rotatable bonds is 6. The third-order valence-corrected chi connectivity index (χ3v) is 9.28. The van der Waals surface area contributed by atoms with Crippen molar-refractivity contribution in [2.24, 2.45) is 11.8 Å². The van der Waals surface area contributed by atoms with Crippen LogP contribution >= 0.6 is 48.0 Å². The van der Waals surface area contributed by atoms with E-state index >= 15 is 0 Å². The number of thiocarbonyl (C=S) groups is 2. The van der Waals surface area contributed by atoms with E-state index in [2.05, 4.69) is 81.5 Å². The quantitative estimate of drug-likeness (QED) is 0.296. The van der Waals surface area contributed by atoms with Gasteiger partial charge in [-0.2, -0.15) is 0 Å². The second-order valence-electron chi connectivity index (χ2n) is 9.42. The van der Waals surface area contributed by atoms with Crippen molar-refractivity contribution in [1.29, 1.82) is 0 Å². The van der Waals surface area contributed by atoms with Crippen LogP contribution in [0.15, 0.2) is 58.3 Å². The molecule has 188 valence electrons. The van der Waals surface area contributed by atoms with E-state index in [9.17, 15) is 0 Å². The zero-order valence-corrected chi connectivity index (χ0v) is 23.9. The van der Waals surface area contributed by atoms with E-state index in [-0.39, 0.29) is 0 Å². The molecule has 4 nitrogen and oxygen atoms in total. The minimum Gasteiger partial charge on any atom is -0.349 e. The number of nitrogens with one attached hydrogen (secondary N) is 2. The highest BCUT2D eigenvalue weighted by Gasteiger charge is 2.27. The second kappa shape index (κ2) is 13.2. The maximum atomic E-state index is 5.72. The average molecular weight is 545 g/mol. The van der Waals surface area contributed by atoms with Gasteiger partial charge in [-0.15, -0.1) is 23.5 Å². The van der Waals surface area contributed by atoms with Gasteiger partial charge in [0.2, 0.25) is 0 Å².